The van der Waals surface area contributed by atoms with Gasteiger partial charge in [-0.3, -0.25) is 4.79 Å². The third-order valence-corrected chi connectivity index (χ3v) is 8.37. The zero-order valence-corrected chi connectivity index (χ0v) is 21.0. The van der Waals surface area contributed by atoms with Gasteiger partial charge in [0.1, 0.15) is 5.82 Å². The fourth-order valence-electron chi connectivity index (χ4n) is 4.88. The predicted molar refractivity (Wildman–Crippen MR) is 141 cm³/mol. The fourth-order valence-corrected chi connectivity index (χ4v) is 6.20. The van der Waals surface area contributed by atoms with E-state index in [-0.39, 0.29) is 22.8 Å². The largest absolute Gasteiger partial charge is 0.341 e. The van der Waals surface area contributed by atoms with Crippen molar-refractivity contribution in [3.05, 3.63) is 84.4 Å². The number of hydrogen-bond donors (Lipinski definition) is 2. The Morgan fingerprint density at radius 1 is 0.972 bits per heavy atom. The molecule has 0 spiro atoms. The van der Waals surface area contributed by atoms with Gasteiger partial charge in [-0.15, -0.1) is 0 Å². The van der Waals surface area contributed by atoms with Crippen LogP contribution in [0.4, 0.5) is 0 Å². The summed E-state index contributed by atoms with van der Waals surface area (Å²) < 4.78 is 29.1. The summed E-state index contributed by atoms with van der Waals surface area (Å²) >= 11 is 0. The van der Waals surface area contributed by atoms with Crippen molar-refractivity contribution in [1.29, 1.82) is 0 Å². The molecule has 1 heterocycles. The van der Waals surface area contributed by atoms with E-state index in [2.05, 4.69) is 14.7 Å². The van der Waals surface area contributed by atoms with E-state index in [1.165, 1.54) is 0 Å². The lowest BCUT2D eigenvalue weighted by molar-refractivity contribution is -0.135. The van der Waals surface area contributed by atoms with Crippen LogP contribution >= 0.6 is 0 Å². The number of aromatic amines is 1. The number of hydrogen-bond acceptors (Lipinski definition) is 4. The number of nitrogens with one attached hydrogen (secondary N) is 2. The normalized spacial score (nSPS) is 18.2. The first kappa shape index (κ1) is 24.2. The zero-order valence-electron chi connectivity index (χ0n) is 20.2. The first-order valence-electron chi connectivity index (χ1n) is 12.3. The Morgan fingerprint density at radius 3 is 2.33 bits per heavy atom. The molecule has 1 aliphatic rings. The highest BCUT2D eigenvalue weighted by molar-refractivity contribution is 7.89. The number of amides is 1. The highest BCUT2D eigenvalue weighted by atomic mass is 32.2. The molecule has 0 unspecified atom stereocenters. The van der Waals surface area contributed by atoms with Crippen LogP contribution in [0, 0.1) is 5.92 Å². The van der Waals surface area contributed by atoms with E-state index in [0.29, 0.717) is 43.6 Å². The highest BCUT2D eigenvalue weighted by Crippen LogP contribution is 2.28. The van der Waals surface area contributed by atoms with Crippen LogP contribution in [0.25, 0.3) is 22.4 Å². The van der Waals surface area contributed by atoms with Crippen molar-refractivity contribution in [2.75, 3.05) is 7.05 Å². The van der Waals surface area contributed by atoms with E-state index in [9.17, 15) is 13.2 Å². The average molecular weight is 503 g/mol. The standard InChI is InChI=1S/C28H30N4O3S/c1-32(19-20-8-4-2-5-9-20)28(33)22-12-14-23(15-13-22)31-36(34,35)24-16-17-25-26(18-24)30-27(29-25)21-10-6-3-7-11-21/h2-11,16-18,22-23,31H,12-15,19H2,1H3,(H,29,30)/t22-,23-. The topological polar surface area (TPSA) is 95.2 Å². The quantitative estimate of drug-likeness (QED) is 0.382. The summed E-state index contributed by atoms with van der Waals surface area (Å²) in [6.45, 7) is 0.577. The fraction of sp³-hybridized carbons (Fsp3) is 0.286. The van der Waals surface area contributed by atoms with Gasteiger partial charge in [0.05, 0.1) is 15.9 Å². The lowest BCUT2D eigenvalue weighted by atomic mass is 9.85. The van der Waals surface area contributed by atoms with Crippen LogP contribution in [-0.2, 0) is 21.4 Å². The lowest BCUT2D eigenvalue weighted by Gasteiger charge is -2.31. The summed E-state index contributed by atoms with van der Waals surface area (Å²) in [5, 5.41) is 0. The maximum Gasteiger partial charge on any atom is 0.240 e. The second-order valence-electron chi connectivity index (χ2n) is 9.48. The SMILES string of the molecule is CN(Cc1ccccc1)C(=O)[C@H]1CC[C@H](NS(=O)(=O)c2ccc3[nH]c(-c4ccccc4)nc3c2)CC1. The average Bonchev–Trinajstić information content (AvgIpc) is 3.33. The van der Waals surface area contributed by atoms with Gasteiger partial charge in [-0.25, -0.2) is 18.1 Å². The van der Waals surface area contributed by atoms with Gasteiger partial charge in [-0.1, -0.05) is 60.7 Å². The monoisotopic (exact) mass is 502 g/mol. The molecule has 1 aliphatic carbocycles. The van der Waals surface area contributed by atoms with E-state index >= 15 is 0 Å². The Bertz CT molecular complexity index is 1440. The molecule has 4 aromatic rings. The van der Waals surface area contributed by atoms with Crippen molar-refractivity contribution >= 4 is 27.0 Å². The molecule has 0 atom stereocenters. The second kappa shape index (κ2) is 10.2. The molecule has 1 fully saturated rings. The number of carbonyl (C=O) groups excluding carboxylic acids is 1. The number of carbonyl (C=O) groups is 1. The summed E-state index contributed by atoms with van der Waals surface area (Å²) in [6.07, 6.45) is 2.61. The van der Waals surface area contributed by atoms with Gasteiger partial charge in [0, 0.05) is 31.1 Å². The molecule has 7 nitrogen and oxygen atoms in total. The third-order valence-electron chi connectivity index (χ3n) is 6.85. The summed E-state index contributed by atoms with van der Waals surface area (Å²) in [4.78, 5) is 22.7. The third kappa shape index (κ3) is 5.34. The van der Waals surface area contributed by atoms with Gasteiger partial charge in [0.25, 0.3) is 0 Å². The van der Waals surface area contributed by atoms with Gasteiger partial charge in [-0.2, -0.15) is 0 Å². The first-order chi connectivity index (χ1) is 17.4. The smallest absolute Gasteiger partial charge is 0.240 e. The minimum Gasteiger partial charge on any atom is -0.341 e. The van der Waals surface area contributed by atoms with Crippen LogP contribution in [0.5, 0.6) is 0 Å². The minimum atomic E-state index is -3.70. The molecule has 1 saturated carbocycles. The van der Waals surface area contributed by atoms with Crippen molar-refractivity contribution in [2.45, 2.75) is 43.2 Å². The van der Waals surface area contributed by atoms with Crippen LogP contribution in [0.15, 0.2) is 83.8 Å². The molecular formula is C28H30N4O3S. The molecule has 186 valence electrons. The van der Waals surface area contributed by atoms with Crippen molar-refractivity contribution in [1.82, 2.24) is 19.6 Å². The molecule has 0 aliphatic heterocycles. The molecule has 36 heavy (non-hydrogen) atoms. The zero-order chi connectivity index (χ0) is 25.1. The highest BCUT2D eigenvalue weighted by Gasteiger charge is 2.30. The lowest BCUT2D eigenvalue weighted by Crippen LogP contribution is -2.41. The number of fused-ring (bicyclic) bond motifs is 1. The number of imidazole rings is 1. The molecule has 1 aromatic heterocycles. The molecule has 2 N–H and O–H groups in total. The van der Waals surface area contributed by atoms with Crippen LogP contribution in [0.3, 0.4) is 0 Å². The molecule has 0 radical (unpaired) electrons. The number of sulfonamides is 1. The van der Waals surface area contributed by atoms with Crippen molar-refractivity contribution in [2.24, 2.45) is 5.92 Å². The summed E-state index contributed by atoms with van der Waals surface area (Å²) in [5.41, 5.74) is 3.43. The van der Waals surface area contributed by atoms with Crippen molar-refractivity contribution < 1.29 is 13.2 Å². The van der Waals surface area contributed by atoms with Gasteiger partial charge in [0.2, 0.25) is 15.9 Å². The van der Waals surface area contributed by atoms with E-state index < -0.39 is 10.0 Å². The van der Waals surface area contributed by atoms with Gasteiger partial charge in [-0.05, 0) is 49.4 Å². The summed E-state index contributed by atoms with van der Waals surface area (Å²) in [6, 6.07) is 24.4. The number of nitrogens with zero attached hydrogens (tertiary/aromatic N) is 2. The molecule has 0 saturated heterocycles. The van der Waals surface area contributed by atoms with Crippen molar-refractivity contribution in [3.8, 4) is 11.4 Å². The van der Waals surface area contributed by atoms with Crippen molar-refractivity contribution in [3.63, 3.8) is 0 Å². The summed E-state index contributed by atoms with van der Waals surface area (Å²) in [7, 11) is -1.87. The van der Waals surface area contributed by atoms with Gasteiger partial charge >= 0.3 is 0 Å². The maximum absolute atomic E-state index is 13.1. The summed E-state index contributed by atoms with van der Waals surface area (Å²) in [5.74, 6) is 0.753. The van der Waals surface area contributed by atoms with Crippen LogP contribution in [-0.4, -0.2) is 42.3 Å². The Hall–Kier alpha value is -3.49. The van der Waals surface area contributed by atoms with Gasteiger partial charge < -0.3 is 9.88 Å². The Balaban J connectivity index is 1.20. The molecule has 1 amide bonds. The first-order valence-corrected chi connectivity index (χ1v) is 13.7. The molecule has 8 heteroatoms. The molecule has 0 bridgehead atoms. The van der Waals surface area contributed by atoms with Gasteiger partial charge in [0.15, 0.2) is 0 Å². The van der Waals surface area contributed by atoms with Crippen LogP contribution in [0.1, 0.15) is 31.2 Å². The minimum absolute atomic E-state index is 0.0729. The molecule has 3 aromatic carbocycles. The number of benzene rings is 3. The van der Waals surface area contributed by atoms with E-state index in [4.69, 9.17) is 0 Å². The van der Waals surface area contributed by atoms with Crippen LogP contribution < -0.4 is 4.72 Å². The Morgan fingerprint density at radius 2 is 1.64 bits per heavy atom. The van der Waals surface area contributed by atoms with Crippen LogP contribution in [0.2, 0.25) is 0 Å². The number of rotatable bonds is 7. The van der Waals surface area contributed by atoms with E-state index in [1.807, 2.05) is 67.7 Å². The second-order valence-corrected chi connectivity index (χ2v) is 11.2. The van der Waals surface area contributed by atoms with E-state index in [0.717, 1.165) is 16.6 Å². The Labute approximate surface area is 211 Å². The number of aromatic nitrogens is 2. The molecule has 5 rings (SSSR count). The van der Waals surface area contributed by atoms with E-state index in [1.54, 1.807) is 23.1 Å². The maximum atomic E-state index is 13.1. The number of H-pyrrole nitrogens is 1. The predicted octanol–water partition coefficient (Wildman–Crippen LogP) is 4.73. The Kier molecular flexibility index (Phi) is 6.89. The molecular weight excluding hydrogens is 472 g/mol.